The highest BCUT2D eigenvalue weighted by molar-refractivity contribution is 7.11. The molecule has 7 heteroatoms. The molecule has 0 bridgehead atoms. The molecule has 1 aromatic heterocycles. The van der Waals surface area contributed by atoms with Crippen LogP contribution in [0.2, 0.25) is 0 Å². The van der Waals surface area contributed by atoms with Gasteiger partial charge in [-0.2, -0.15) is 0 Å². The molecular weight excluding hydrogens is 256 g/mol. The van der Waals surface area contributed by atoms with Gasteiger partial charge in [-0.1, -0.05) is 13.8 Å². The van der Waals surface area contributed by atoms with Gasteiger partial charge in [-0.15, -0.1) is 11.3 Å². The SMILES string of the molecule is Cc1ncc(COC(=O)N[C@H](C(=O)O)C(C)C)s1. The van der Waals surface area contributed by atoms with Crippen LogP contribution in [0.5, 0.6) is 0 Å². The molecule has 0 aliphatic heterocycles. The molecule has 100 valence electrons. The molecule has 0 fully saturated rings. The summed E-state index contributed by atoms with van der Waals surface area (Å²) in [4.78, 5) is 27.1. The van der Waals surface area contributed by atoms with Gasteiger partial charge < -0.3 is 15.2 Å². The van der Waals surface area contributed by atoms with Crippen molar-refractivity contribution >= 4 is 23.4 Å². The Morgan fingerprint density at radius 2 is 2.22 bits per heavy atom. The zero-order chi connectivity index (χ0) is 13.7. The summed E-state index contributed by atoms with van der Waals surface area (Å²) in [7, 11) is 0. The lowest BCUT2D eigenvalue weighted by atomic mass is 10.1. The predicted molar refractivity (Wildman–Crippen MR) is 66.4 cm³/mol. The van der Waals surface area contributed by atoms with Crippen molar-refractivity contribution in [1.82, 2.24) is 10.3 Å². The Morgan fingerprint density at radius 1 is 1.56 bits per heavy atom. The van der Waals surface area contributed by atoms with Crippen LogP contribution in [-0.4, -0.2) is 28.2 Å². The summed E-state index contributed by atoms with van der Waals surface area (Å²) in [6.45, 7) is 5.38. The lowest BCUT2D eigenvalue weighted by Gasteiger charge is -2.17. The van der Waals surface area contributed by atoms with Crippen LogP contribution in [-0.2, 0) is 16.1 Å². The highest BCUT2D eigenvalue weighted by atomic mass is 32.1. The average Bonchev–Trinajstić information content (AvgIpc) is 2.68. The Balaban J connectivity index is 2.43. The highest BCUT2D eigenvalue weighted by Gasteiger charge is 2.24. The van der Waals surface area contributed by atoms with Gasteiger partial charge in [0.05, 0.1) is 9.88 Å². The van der Waals surface area contributed by atoms with Gasteiger partial charge in [0.1, 0.15) is 12.6 Å². The smallest absolute Gasteiger partial charge is 0.408 e. The number of nitrogens with one attached hydrogen (secondary N) is 1. The minimum atomic E-state index is -1.07. The van der Waals surface area contributed by atoms with Gasteiger partial charge in [-0.25, -0.2) is 14.6 Å². The normalized spacial score (nSPS) is 12.2. The Kier molecular flexibility index (Phi) is 5.08. The summed E-state index contributed by atoms with van der Waals surface area (Å²) in [6, 6.07) is -0.944. The first kappa shape index (κ1) is 14.4. The fraction of sp³-hybridized carbons (Fsp3) is 0.545. The molecule has 1 heterocycles. The summed E-state index contributed by atoms with van der Waals surface area (Å²) in [6.07, 6.45) is 0.895. The largest absolute Gasteiger partial charge is 0.480 e. The zero-order valence-corrected chi connectivity index (χ0v) is 11.3. The van der Waals surface area contributed by atoms with E-state index in [2.05, 4.69) is 10.3 Å². The number of alkyl carbamates (subject to hydrolysis) is 1. The number of carboxylic acids is 1. The van der Waals surface area contributed by atoms with Gasteiger partial charge in [0, 0.05) is 6.20 Å². The molecule has 0 aliphatic carbocycles. The van der Waals surface area contributed by atoms with E-state index in [9.17, 15) is 9.59 Å². The second-order valence-electron chi connectivity index (χ2n) is 4.13. The third-order valence-corrected chi connectivity index (χ3v) is 3.11. The number of aryl methyl sites for hydroxylation is 1. The number of aromatic nitrogens is 1. The molecule has 1 amide bonds. The van der Waals surface area contributed by atoms with Crippen LogP contribution >= 0.6 is 11.3 Å². The van der Waals surface area contributed by atoms with Gasteiger partial charge in [0.25, 0.3) is 0 Å². The molecule has 0 unspecified atom stereocenters. The number of hydrogen-bond donors (Lipinski definition) is 2. The third-order valence-electron chi connectivity index (χ3n) is 2.22. The van der Waals surface area contributed by atoms with E-state index in [-0.39, 0.29) is 12.5 Å². The van der Waals surface area contributed by atoms with E-state index in [1.807, 2.05) is 6.92 Å². The van der Waals surface area contributed by atoms with E-state index < -0.39 is 18.1 Å². The molecule has 2 N–H and O–H groups in total. The summed E-state index contributed by atoms with van der Waals surface area (Å²) >= 11 is 1.43. The van der Waals surface area contributed by atoms with Gasteiger partial charge in [0.2, 0.25) is 0 Å². The first-order valence-corrected chi connectivity index (χ1v) is 6.29. The molecule has 0 radical (unpaired) electrons. The Bertz CT molecular complexity index is 430. The fourth-order valence-electron chi connectivity index (χ4n) is 1.29. The lowest BCUT2D eigenvalue weighted by Crippen LogP contribution is -2.44. The lowest BCUT2D eigenvalue weighted by molar-refractivity contribution is -0.140. The van der Waals surface area contributed by atoms with Crippen molar-refractivity contribution in [2.75, 3.05) is 0 Å². The van der Waals surface area contributed by atoms with Crippen molar-refractivity contribution in [3.8, 4) is 0 Å². The molecule has 1 aromatic rings. The summed E-state index contributed by atoms with van der Waals surface area (Å²) in [5.41, 5.74) is 0. The van der Waals surface area contributed by atoms with E-state index >= 15 is 0 Å². The van der Waals surface area contributed by atoms with Crippen LogP contribution in [0.3, 0.4) is 0 Å². The van der Waals surface area contributed by atoms with Crippen LogP contribution in [0.4, 0.5) is 4.79 Å². The number of carboxylic acid groups (broad SMARTS) is 1. The van der Waals surface area contributed by atoms with Gasteiger partial charge in [-0.05, 0) is 12.8 Å². The summed E-state index contributed by atoms with van der Waals surface area (Å²) < 4.78 is 4.93. The van der Waals surface area contributed by atoms with Crippen LogP contribution in [0.1, 0.15) is 23.7 Å². The molecule has 0 aliphatic rings. The van der Waals surface area contributed by atoms with Gasteiger partial charge >= 0.3 is 12.1 Å². The molecular formula is C11H16N2O4S. The number of carbonyl (C=O) groups is 2. The second kappa shape index (κ2) is 6.34. The summed E-state index contributed by atoms with van der Waals surface area (Å²) in [5, 5.41) is 12.1. The van der Waals surface area contributed by atoms with Crippen molar-refractivity contribution in [3.05, 3.63) is 16.1 Å². The number of carbonyl (C=O) groups excluding carboxylic acids is 1. The first-order valence-electron chi connectivity index (χ1n) is 5.47. The Hall–Kier alpha value is -1.63. The standard InChI is InChI=1S/C11H16N2O4S/c1-6(2)9(10(14)15)13-11(16)17-5-8-4-12-7(3)18-8/h4,6,9H,5H2,1-3H3,(H,13,16)(H,14,15)/t9-/m0/s1. The van der Waals surface area contributed by atoms with Crippen LogP contribution < -0.4 is 5.32 Å². The molecule has 0 aromatic carbocycles. The van der Waals surface area contributed by atoms with Gasteiger partial charge in [-0.3, -0.25) is 0 Å². The maximum absolute atomic E-state index is 11.4. The van der Waals surface area contributed by atoms with Crippen LogP contribution in [0, 0.1) is 12.8 Å². The van der Waals surface area contributed by atoms with Crippen molar-refractivity contribution in [2.24, 2.45) is 5.92 Å². The molecule has 18 heavy (non-hydrogen) atoms. The quantitative estimate of drug-likeness (QED) is 0.853. The average molecular weight is 272 g/mol. The third kappa shape index (κ3) is 4.33. The number of nitrogens with zero attached hydrogens (tertiary/aromatic N) is 1. The second-order valence-corrected chi connectivity index (χ2v) is 5.45. The van der Waals surface area contributed by atoms with Gasteiger partial charge in [0.15, 0.2) is 0 Å². The number of ether oxygens (including phenoxy) is 1. The number of rotatable bonds is 5. The number of amides is 1. The molecule has 0 saturated heterocycles. The summed E-state index contributed by atoms with van der Waals surface area (Å²) in [5.74, 6) is -1.28. The monoisotopic (exact) mass is 272 g/mol. The fourth-order valence-corrected chi connectivity index (χ4v) is 2.00. The van der Waals surface area contributed by atoms with Crippen molar-refractivity contribution in [2.45, 2.75) is 33.4 Å². The zero-order valence-electron chi connectivity index (χ0n) is 10.5. The van der Waals surface area contributed by atoms with E-state index in [1.54, 1.807) is 20.0 Å². The first-order chi connectivity index (χ1) is 8.40. The molecule has 6 nitrogen and oxygen atoms in total. The number of aliphatic carboxylic acids is 1. The number of hydrogen-bond acceptors (Lipinski definition) is 5. The Morgan fingerprint density at radius 3 is 2.67 bits per heavy atom. The minimum Gasteiger partial charge on any atom is -0.480 e. The minimum absolute atomic E-state index is 0.0990. The van der Waals surface area contributed by atoms with E-state index in [1.165, 1.54) is 11.3 Å². The Labute approximate surface area is 109 Å². The van der Waals surface area contributed by atoms with E-state index in [4.69, 9.17) is 9.84 Å². The van der Waals surface area contributed by atoms with Crippen LogP contribution in [0.15, 0.2) is 6.20 Å². The molecule has 1 atom stereocenters. The van der Waals surface area contributed by atoms with Crippen LogP contribution in [0.25, 0.3) is 0 Å². The van der Waals surface area contributed by atoms with E-state index in [0.717, 1.165) is 9.88 Å². The molecule has 0 saturated carbocycles. The molecule has 0 spiro atoms. The van der Waals surface area contributed by atoms with E-state index in [0.29, 0.717) is 0 Å². The van der Waals surface area contributed by atoms with Crippen molar-refractivity contribution < 1.29 is 19.4 Å². The predicted octanol–water partition coefficient (Wildman–Crippen LogP) is 1.79. The van der Waals surface area contributed by atoms with Crippen molar-refractivity contribution in [1.29, 1.82) is 0 Å². The molecule has 1 rings (SSSR count). The maximum Gasteiger partial charge on any atom is 0.408 e. The highest BCUT2D eigenvalue weighted by Crippen LogP contribution is 2.12. The topological polar surface area (TPSA) is 88.5 Å². The van der Waals surface area contributed by atoms with Crippen molar-refractivity contribution in [3.63, 3.8) is 0 Å². The maximum atomic E-state index is 11.4. The number of thiazole rings is 1.